The fourth-order valence-corrected chi connectivity index (χ4v) is 2.05. The van der Waals surface area contributed by atoms with Gasteiger partial charge in [0.1, 0.15) is 0 Å². The van der Waals surface area contributed by atoms with Gasteiger partial charge in [0, 0.05) is 25.3 Å². The molecule has 1 rings (SSSR count). The van der Waals surface area contributed by atoms with E-state index in [9.17, 15) is 18.3 Å². The van der Waals surface area contributed by atoms with Gasteiger partial charge in [0.15, 0.2) is 0 Å². The van der Waals surface area contributed by atoms with Crippen LogP contribution in [0.25, 0.3) is 0 Å². The Morgan fingerprint density at radius 3 is 2.25 bits per heavy atom. The second-order valence-corrected chi connectivity index (χ2v) is 5.38. The van der Waals surface area contributed by atoms with E-state index in [-0.39, 0.29) is 18.8 Å². The molecular weight excluding hydrogens is 269 g/mol. The minimum atomic E-state index is -4.45. The van der Waals surface area contributed by atoms with Crippen LogP contribution in [0.15, 0.2) is 18.2 Å². The molecule has 0 aliphatic rings. The largest absolute Gasteiger partial charge is 0.418 e. The number of alkyl halides is 3. The third-order valence-electron chi connectivity index (χ3n) is 2.90. The van der Waals surface area contributed by atoms with Crippen LogP contribution in [0, 0.1) is 0 Å². The molecule has 114 valence electrons. The van der Waals surface area contributed by atoms with Crippen LogP contribution in [-0.4, -0.2) is 23.8 Å². The highest BCUT2D eigenvalue weighted by Gasteiger charge is 2.35. The lowest BCUT2D eigenvalue weighted by atomic mass is 10.0. The second-order valence-electron chi connectivity index (χ2n) is 5.38. The summed E-state index contributed by atoms with van der Waals surface area (Å²) in [7, 11) is 0. The molecule has 0 bridgehead atoms. The van der Waals surface area contributed by atoms with E-state index in [1.165, 1.54) is 11.0 Å². The zero-order chi connectivity index (χ0) is 15.6. The van der Waals surface area contributed by atoms with Gasteiger partial charge in [-0.25, -0.2) is 0 Å². The van der Waals surface area contributed by atoms with E-state index >= 15 is 0 Å². The Hall–Kier alpha value is -1.27. The number of halogens is 3. The molecule has 0 atom stereocenters. The van der Waals surface area contributed by atoms with Crippen molar-refractivity contribution in [3.63, 3.8) is 0 Å². The van der Waals surface area contributed by atoms with Crippen molar-refractivity contribution in [2.45, 2.75) is 39.1 Å². The number of hydrogen-bond acceptors (Lipinski definition) is 3. The van der Waals surface area contributed by atoms with E-state index in [2.05, 4.69) is 0 Å². The van der Waals surface area contributed by atoms with Gasteiger partial charge in [0.2, 0.25) is 0 Å². The molecule has 0 aromatic heterocycles. The van der Waals surface area contributed by atoms with Crippen LogP contribution < -0.4 is 10.6 Å². The van der Waals surface area contributed by atoms with Crippen LogP contribution in [0.2, 0.25) is 0 Å². The summed E-state index contributed by atoms with van der Waals surface area (Å²) in [4.78, 5) is 1.52. The number of aliphatic hydroxyl groups is 1. The summed E-state index contributed by atoms with van der Waals surface area (Å²) in [5.41, 5.74) is 4.11. The summed E-state index contributed by atoms with van der Waals surface area (Å²) in [6.07, 6.45) is -4.45. The normalized spacial score (nSPS) is 12.6. The molecule has 3 nitrogen and oxygen atoms in total. The Morgan fingerprint density at radius 2 is 1.85 bits per heavy atom. The number of nitrogens with two attached hydrogens (primary N) is 1. The molecule has 0 amide bonds. The number of nitrogens with zero attached hydrogens (tertiary/aromatic N) is 1. The van der Waals surface area contributed by atoms with Crippen molar-refractivity contribution in [1.82, 2.24) is 0 Å². The molecule has 0 aliphatic heterocycles. The van der Waals surface area contributed by atoms with Gasteiger partial charge in [0.25, 0.3) is 0 Å². The van der Waals surface area contributed by atoms with E-state index in [4.69, 9.17) is 5.73 Å². The summed E-state index contributed by atoms with van der Waals surface area (Å²) in [5, 5.41) is 9.83. The fourth-order valence-electron chi connectivity index (χ4n) is 2.05. The molecule has 1 aromatic rings. The zero-order valence-electron chi connectivity index (χ0n) is 12.0. The first-order valence-electron chi connectivity index (χ1n) is 6.46. The highest BCUT2D eigenvalue weighted by Crippen LogP contribution is 2.37. The predicted molar refractivity (Wildman–Crippen MR) is 73.5 cm³/mol. The summed E-state index contributed by atoms with van der Waals surface area (Å²) < 4.78 is 39.5. The smallest absolute Gasteiger partial charge is 0.389 e. The Balaban J connectivity index is 3.27. The molecule has 6 heteroatoms. The van der Waals surface area contributed by atoms with Crippen LogP contribution in [0.1, 0.15) is 31.9 Å². The molecule has 20 heavy (non-hydrogen) atoms. The van der Waals surface area contributed by atoms with Crippen molar-refractivity contribution in [1.29, 1.82) is 0 Å². The maximum absolute atomic E-state index is 13.2. The Morgan fingerprint density at radius 1 is 1.25 bits per heavy atom. The van der Waals surface area contributed by atoms with Gasteiger partial charge < -0.3 is 15.7 Å². The maximum Gasteiger partial charge on any atom is 0.418 e. The minimum absolute atomic E-state index is 0.0565. The second kappa shape index (κ2) is 6.01. The van der Waals surface area contributed by atoms with Crippen molar-refractivity contribution >= 4 is 5.69 Å². The molecule has 3 N–H and O–H groups in total. The predicted octanol–water partition coefficient (Wildman–Crippen LogP) is 2.76. The van der Waals surface area contributed by atoms with Gasteiger partial charge >= 0.3 is 6.18 Å². The minimum Gasteiger partial charge on any atom is -0.389 e. The Kier molecular flexibility index (Phi) is 5.05. The van der Waals surface area contributed by atoms with E-state index in [1.54, 1.807) is 26.8 Å². The van der Waals surface area contributed by atoms with Crippen LogP contribution in [-0.2, 0) is 12.7 Å². The quantitative estimate of drug-likeness (QED) is 0.876. The lowest BCUT2D eigenvalue weighted by Crippen LogP contribution is -2.39. The van der Waals surface area contributed by atoms with Crippen molar-refractivity contribution in [2.24, 2.45) is 5.73 Å². The van der Waals surface area contributed by atoms with Crippen molar-refractivity contribution in [3.05, 3.63) is 29.3 Å². The van der Waals surface area contributed by atoms with Crippen LogP contribution in [0.5, 0.6) is 0 Å². The molecule has 0 saturated heterocycles. The van der Waals surface area contributed by atoms with Gasteiger partial charge in [0.05, 0.1) is 11.2 Å². The Labute approximate surface area is 117 Å². The average Bonchev–Trinajstić information content (AvgIpc) is 2.33. The van der Waals surface area contributed by atoms with E-state index in [1.807, 2.05) is 0 Å². The molecule has 1 aromatic carbocycles. The summed E-state index contributed by atoms with van der Waals surface area (Å²) >= 11 is 0. The van der Waals surface area contributed by atoms with Gasteiger partial charge in [-0.3, -0.25) is 0 Å². The SMILES string of the molecule is CCN(CC(C)(C)O)c1ccc(CN)cc1C(F)(F)F. The Bertz CT molecular complexity index is 453. The van der Waals surface area contributed by atoms with Crippen molar-refractivity contribution in [3.8, 4) is 0 Å². The molecule has 0 radical (unpaired) electrons. The van der Waals surface area contributed by atoms with Gasteiger partial charge in [-0.05, 0) is 38.5 Å². The molecule has 0 aliphatic carbocycles. The first-order valence-corrected chi connectivity index (χ1v) is 6.46. The van der Waals surface area contributed by atoms with Crippen molar-refractivity contribution in [2.75, 3.05) is 18.0 Å². The molecule has 0 heterocycles. The highest BCUT2D eigenvalue weighted by molar-refractivity contribution is 5.56. The number of benzene rings is 1. The topological polar surface area (TPSA) is 49.5 Å². The van der Waals surface area contributed by atoms with Crippen LogP contribution in [0.3, 0.4) is 0 Å². The third kappa shape index (κ3) is 4.38. The molecule has 0 spiro atoms. The summed E-state index contributed by atoms with van der Waals surface area (Å²) in [6.45, 7) is 5.43. The van der Waals surface area contributed by atoms with Gasteiger partial charge in [-0.1, -0.05) is 6.07 Å². The van der Waals surface area contributed by atoms with Crippen molar-refractivity contribution < 1.29 is 18.3 Å². The van der Waals surface area contributed by atoms with E-state index < -0.39 is 17.3 Å². The summed E-state index contributed by atoms with van der Waals surface area (Å²) in [6, 6.07) is 4.07. The number of anilines is 1. The highest BCUT2D eigenvalue weighted by atomic mass is 19.4. The number of likely N-dealkylation sites (N-methyl/N-ethyl adjacent to an activating group) is 1. The first kappa shape index (κ1) is 16.8. The van der Waals surface area contributed by atoms with E-state index in [0.717, 1.165) is 6.07 Å². The standard InChI is InChI=1S/C14H21F3N2O/c1-4-19(9-13(2,3)20)12-6-5-10(8-18)7-11(12)14(15,16)17/h5-7,20H,4,8-9,18H2,1-3H3. The number of rotatable bonds is 5. The first-order chi connectivity index (χ1) is 9.08. The number of hydrogen-bond donors (Lipinski definition) is 2. The lowest BCUT2D eigenvalue weighted by molar-refractivity contribution is -0.137. The zero-order valence-corrected chi connectivity index (χ0v) is 12.0. The van der Waals surface area contributed by atoms with Gasteiger partial charge in [-0.15, -0.1) is 0 Å². The fraction of sp³-hybridized carbons (Fsp3) is 0.571. The third-order valence-corrected chi connectivity index (χ3v) is 2.90. The monoisotopic (exact) mass is 290 g/mol. The van der Waals surface area contributed by atoms with E-state index in [0.29, 0.717) is 12.1 Å². The molecule has 0 fully saturated rings. The molecule has 0 unspecified atom stereocenters. The summed E-state index contributed by atoms with van der Waals surface area (Å²) in [5.74, 6) is 0. The molecule has 0 saturated carbocycles. The average molecular weight is 290 g/mol. The maximum atomic E-state index is 13.2. The molecular formula is C14H21F3N2O. The van der Waals surface area contributed by atoms with Gasteiger partial charge in [-0.2, -0.15) is 13.2 Å². The van der Waals surface area contributed by atoms with Crippen LogP contribution in [0.4, 0.5) is 18.9 Å². The lowest BCUT2D eigenvalue weighted by Gasteiger charge is -2.32. The van der Waals surface area contributed by atoms with Crippen LogP contribution >= 0.6 is 0 Å².